The third-order valence-electron chi connectivity index (χ3n) is 10.3. The van der Waals surface area contributed by atoms with Gasteiger partial charge in [-0.25, -0.2) is 0 Å². The van der Waals surface area contributed by atoms with Crippen LogP contribution >= 0.6 is 24.4 Å². The maximum Gasteiger partial charge on any atom is 0.249 e. The topological polar surface area (TPSA) is 84.3 Å². The second-order valence-corrected chi connectivity index (χ2v) is 14.6. The van der Waals surface area contributed by atoms with E-state index in [0.29, 0.717) is 11.8 Å². The third-order valence-corrected chi connectivity index (χ3v) is 11.3. The number of hydrogen-bond donors (Lipinski definition) is 0. The van der Waals surface area contributed by atoms with Gasteiger partial charge >= 0.3 is 0 Å². The summed E-state index contributed by atoms with van der Waals surface area (Å²) < 4.78 is 11.6. The van der Waals surface area contributed by atoms with Crippen LogP contribution in [0.3, 0.4) is 0 Å². The predicted molar refractivity (Wildman–Crippen MR) is 210 cm³/mol. The zero-order valence-electron chi connectivity index (χ0n) is 29.2. The molecule has 8 nitrogen and oxygen atoms in total. The number of aryl methyl sites for hydroxylation is 4. The molecule has 0 unspecified atom stereocenters. The summed E-state index contributed by atoms with van der Waals surface area (Å²) in [5, 5.41) is 10.9. The van der Waals surface area contributed by atoms with Crippen molar-refractivity contribution in [3.63, 3.8) is 0 Å². The van der Waals surface area contributed by atoms with Crippen LogP contribution in [0.25, 0.3) is 10.8 Å². The molecule has 4 heterocycles. The summed E-state index contributed by atoms with van der Waals surface area (Å²) in [7, 11) is 0. The van der Waals surface area contributed by atoms with Crippen molar-refractivity contribution in [3.8, 4) is 0 Å². The van der Waals surface area contributed by atoms with Crippen molar-refractivity contribution < 1.29 is 9.05 Å². The number of likely N-dealkylation sites (tertiary alicyclic amines) is 2. The van der Waals surface area contributed by atoms with Crippen LogP contribution < -0.4 is 0 Å². The van der Waals surface area contributed by atoms with E-state index in [4.69, 9.17) is 43.4 Å². The fraction of sp³-hybridized carbons (Fsp3) is 0.333. The second kappa shape index (κ2) is 15.8. The maximum absolute atomic E-state index is 6.09. The van der Waals surface area contributed by atoms with E-state index >= 15 is 0 Å². The van der Waals surface area contributed by atoms with Crippen LogP contribution in [0.2, 0.25) is 0 Å². The maximum atomic E-state index is 6.09. The summed E-state index contributed by atoms with van der Waals surface area (Å²) in [4.78, 5) is 15.7. The highest BCUT2D eigenvalue weighted by Gasteiger charge is 2.34. The Kier molecular flexibility index (Phi) is 10.4. The van der Waals surface area contributed by atoms with Crippen LogP contribution in [0.15, 0.2) is 106 Å². The molecule has 0 saturated carbocycles. The van der Waals surface area contributed by atoms with Gasteiger partial charge in [-0.1, -0.05) is 120 Å². The Morgan fingerprint density at radius 1 is 0.577 bits per heavy atom. The average Bonchev–Trinajstić information content (AvgIpc) is 4.02. The fourth-order valence-corrected chi connectivity index (χ4v) is 8.27. The minimum Gasteiger partial charge on any atom is -0.350 e. The van der Waals surface area contributed by atoms with E-state index in [2.05, 4.69) is 105 Å². The van der Waals surface area contributed by atoms with Gasteiger partial charge in [-0.2, -0.15) is 9.97 Å². The molecule has 2 atom stereocenters. The minimum atomic E-state index is -0.00375. The molecule has 2 aromatic heterocycles. The first-order chi connectivity index (χ1) is 25.6. The number of fused-ring (bicyclic) bond motifs is 1. The van der Waals surface area contributed by atoms with Crippen LogP contribution in [0, 0.1) is 0 Å². The molecular formula is C42H42N6O2S2. The van der Waals surface area contributed by atoms with Crippen LogP contribution in [-0.4, -0.2) is 53.1 Å². The molecule has 2 aliphatic rings. The lowest BCUT2D eigenvalue weighted by molar-refractivity contribution is 0.287. The molecule has 0 aliphatic carbocycles. The highest BCUT2D eigenvalue weighted by Crippen LogP contribution is 2.35. The molecule has 0 amide bonds. The zero-order valence-corrected chi connectivity index (χ0v) is 30.8. The Hall–Kier alpha value is -4.80. The van der Waals surface area contributed by atoms with Crippen LogP contribution in [0.1, 0.15) is 96.3 Å². The summed E-state index contributed by atoms with van der Waals surface area (Å²) in [6.07, 6.45) is 9.47. The number of nitrogens with zero attached hydrogens (tertiary/aromatic N) is 6. The van der Waals surface area contributed by atoms with Gasteiger partial charge < -0.3 is 18.8 Å². The molecular weight excluding hydrogens is 685 g/mol. The Bertz CT molecular complexity index is 2000. The monoisotopic (exact) mass is 726 g/mol. The van der Waals surface area contributed by atoms with E-state index in [-0.39, 0.29) is 12.1 Å². The van der Waals surface area contributed by atoms with Crippen molar-refractivity contribution in [2.24, 2.45) is 0 Å². The van der Waals surface area contributed by atoms with Crippen molar-refractivity contribution in [2.75, 3.05) is 13.1 Å². The van der Waals surface area contributed by atoms with Gasteiger partial charge in [-0.3, -0.25) is 0 Å². The standard InChI is InChI=1S/C42H42N6O2S2/c51-41(47-25-9-17-35(47)39-43-37(45-49-39)19-7-15-29-11-3-1-4-12-29)33-23-21-32-28-34(24-22-31(32)27-33)42(52)48-26-10-18-36(48)40-44-38(46-50-40)20-8-16-30-13-5-2-6-14-30/h1-6,11-14,21-24,27-28,35-36H,7-10,15-20,25-26H2/t35-,36-/m0/s1. The van der Waals surface area contributed by atoms with Crippen LogP contribution in [0.5, 0.6) is 0 Å². The largest absolute Gasteiger partial charge is 0.350 e. The average molecular weight is 727 g/mol. The first kappa shape index (κ1) is 34.3. The van der Waals surface area contributed by atoms with Crippen LogP contribution in [-0.2, 0) is 25.7 Å². The molecule has 0 radical (unpaired) electrons. The van der Waals surface area contributed by atoms with E-state index < -0.39 is 0 Å². The molecule has 2 fully saturated rings. The quantitative estimate of drug-likeness (QED) is 0.114. The van der Waals surface area contributed by atoms with Crippen molar-refractivity contribution >= 4 is 45.2 Å². The number of thiocarbonyl (C=S) groups is 2. The Balaban J connectivity index is 0.898. The summed E-state index contributed by atoms with van der Waals surface area (Å²) in [6, 6.07) is 33.9. The molecule has 52 heavy (non-hydrogen) atoms. The summed E-state index contributed by atoms with van der Waals surface area (Å²) in [6.45, 7) is 1.74. The van der Waals surface area contributed by atoms with Gasteiger partial charge in [0.1, 0.15) is 22.1 Å². The molecule has 264 valence electrons. The lowest BCUT2D eigenvalue weighted by Crippen LogP contribution is -2.30. The van der Waals surface area contributed by atoms with E-state index in [1.165, 1.54) is 11.1 Å². The molecule has 4 aromatic carbocycles. The van der Waals surface area contributed by atoms with Crippen molar-refractivity contribution in [1.29, 1.82) is 0 Å². The normalized spacial score (nSPS) is 17.3. The van der Waals surface area contributed by atoms with Crippen molar-refractivity contribution in [1.82, 2.24) is 30.1 Å². The molecule has 0 spiro atoms. The number of aromatic nitrogens is 4. The second-order valence-electron chi connectivity index (χ2n) is 13.9. The predicted octanol–water partition coefficient (Wildman–Crippen LogP) is 8.98. The molecule has 2 aliphatic heterocycles. The molecule has 0 bridgehead atoms. The van der Waals surface area contributed by atoms with Gasteiger partial charge in [0.15, 0.2) is 11.6 Å². The van der Waals surface area contributed by atoms with Gasteiger partial charge in [-0.05, 0) is 85.4 Å². The van der Waals surface area contributed by atoms with Crippen LogP contribution in [0.4, 0.5) is 0 Å². The van der Waals surface area contributed by atoms with Gasteiger partial charge in [-0.15, -0.1) is 0 Å². The van der Waals surface area contributed by atoms with E-state index in [0.717, 1.165) is 121 Å². The highest BCUT2D eigenvalue weighted by molar-refractivity contribution is 7.81. The molecule has 10 heteroatoms. The summed E-state index contributed by atoms with van der Waals surface area (Å²) in [5.41, 5.74) is 4.69. The number of hydrogen-bond acceptors (Lipinski definition) is 8. The number of benzene rings is 4. The van der Waals surface area contributed by atoms with Gasteiger partial charge in [0.2, 0.25) is 11.8 Å². The van der Waals surface area contributed by atoms with Crippen molar-refractivity contribution in [2.45, 2.75) is 76.3 Å². The summed E-state index contributed by atoms with van der Waals surface area (Å²) >= 11 is 12.2. The molecule has 2 saturated heterocycles. The molecule has 8 rings (SSSR count). The Morgan fingerprint density at radius 3 is 1.46 bits per heavy atom. The fourth-order valence-electron chi connectivity index (χ4n) is 7.58. The first-order valence-electron chi connectivity index (χ1n) is 18.5. The lowest BCUT2D eigenvalue weighted by Gasteiger charge is -2.25. The Morgan fingerprint density at radius 2 is 1.02 bits per heavy atom. The lowest BCUT2D eigenvalue weighted by atomic mass is 10.0. The van der Waals surface area contributed by atoms with Gasteiger partial charge in [0.25, 0.3) is 0 Å². The minimum absolute atomic E-state index is 0.00375. The Labute approximate surface area is 315 Å². The van der Waals surface area contributed by atoms with E-state index in [1.54, 1.807) is 0 Å². The number of rotatable bonds is 12. The SMILES string of the molecule is S=C(c1ccc2cc(C(=S)N3CCC[C@H]3c3nc(CCCc4ccccc4)no3)ccc2c1)N1CCC[C@H]1c1nc(CCCc2ccccc2)no1. The van der Waals surface area contributed by atoms with E-state index in [9.17, 15) is 0 Å². The van der Waals surface area contributed by atoms with Gasteiger partial charge in [0.05, 0.1) is 0 Å². The zero-order chi connectivity index (χ0) is 35.3. The highest BCUT2D eigenvalue weighted by atomic mass is 32.1. The summed E-state index contributed by atoms with van der Waals surface area (Å²) in [5.74, 6) is 2.85. The smallest absolute Gasteiger partial charge is 0.249 e. The van der Waals surface area contributed by atoms with E-state index in [1.807, 2.05) is 12.1 Å². The molecule has 6 aromatic rings. The third kappa shape index (κ3) is 7.68. The van der Waals surface area contributed by atoms with Gasteiger partial charge in [0, 0.05) is 37.1 Å². The first-order valence-corrected chi connectivity index (χ1v) is 19.3. The van der Waals surface area contributed by atoms with Crippen molar-refractivity contribution in [3.05, 3.63) is 143 Å². The molecule has 0 N–H and O–H groups in total.